The number of nitrogens with one attached hydrogen (secondary N) is 2. The van der Waals surface area contributed by atoms with Gasteiger partial charge in [-0.3, -0.25) is 28.3 Å². The van der Waals surface area contributed by atoms with Crippen LogP contribution in [0.4, 0.5) is 5.69 Å². The van der Waals surface area contributed by atoms with Crippen LogP contribution < -0.4 is 21.9 Å². The number of para-hydroxylation sites is 1. The van der Waals surface area contributed by atoms with Gasteiger partial charge in [0.25, 0.3) is 5.56 Å². The van der Waals surface area contributed by atoms with E-state index in [9.17, 15) is 24.0 Å². The summed E-state index contributed by atoms with van der Waals surface area (Å²) < 4.78 is 2.45. The fourth-order valence-corrected chi connectivity index (χ4v) is 4.96. The lowest BCUT2D eigenvalue weighted by atomic mass is 9.95. The Morgan fingerprint density at radius 3 is 2.29 bits per heavy atom. The van der Waals surface area contributed by atoms with Gasteiger partial charge in [0.15, 0.2) is 5.78 Å². The van der Waals surface area contributed by atoms with Crippen LogP contribution in [-0.2, 0) is 22.7 Å². The largest absolute Gasteiger partial charge is 0.353 e. The Bertz CT molecular complexity index is 1430. The van der Waals surface area contributed by atoms with Gasteiger partial charge in [0.1, 0.15) is 6.54 Å². The topological polar surface area (TPSA) is 119 Å². The van der Waals surface area contributed by atoms with Gasteiger partial charge in [-0.1, -0.05) is 31.4 Å². The maximum atomic E-state index is 13.3. The summed E-state index contributed by atoms with van der Waals surface area (Å²) in [6.07, 6.45) is 6.94. The first kappa shape index (κ1) is 27.0. The van der Waals surface area contributed by atoms with Crippen molar-refractivity contribution in [3.05, 3.63) is 74.9 Å². The Balaban J connectivity index is 1.44. The molecule has 2 N–H and O–H groups in total. The molecule has 0 atom stereocenters. The molecule has 1 heterocycles. The molecule has 200 valence electrons. The zero-order valence-corrected chi connectivity index (χ0v) is 21.7. The second kappa shape index (κ2) is 12.5. The van der Waals surface area contributed by atoms with E-state index >= 15 is 0 Å². The Morgan fingerprint density at radius 2 is 1.58 bits per heavy atom. The number of unbranched alkanes of at least 4 members (excludes halogenated alkanes) is 1. The number of fused-ring (bicyclic) bond motifs is 1. The number of amides is 2. The first-order chi connectivity index (χ1) is 18.3. The zero-order chi connectivity index (χ0) is 27.1. The van der Waals surface area contributed by atoms with E-state index in [0.29, 0.717) is 41.4 Å². The number of anilines is 1. The summed E-state index contributed by atoms with van der Waals surface area (Å²) in [7, 11) is 0. The Kier molecular flexibility index (Phi) is 8.89. The lowest BCUT2D eigenvalue weighted by Crippen LogP contribution is -2.41. The number of Topliss-reactive ketones (excluding diaryl/α,β-unsaturated/α-hetero) is 1. The fraction of sp³-hybridized carbons (Fsp3) is 0.414. The molecule has 0 bridgehead atoms. The minimum absolute atomic E-state index is 0.00757. The normalized spacial score (nSPS) is 13.8. The van der Waals surface area contributed by atoms with Crippen LogP contribution in [0.5, 0.6) is 0 Å². The number of benzene rings is 2. The summed E-state index contributed by atoms with van der Waals surface area (Å²) in [6, 6.07) is 13.5. The molecule has 0 saturated heterocycles. The average Bonchev–Trinajstić information content (AvgIpc) is 2.91. The molecule has 0 radical (unpaired) electrons. The van der Waals surface area contributed by atoms with E-state index in [2.05, 4.69) is 10.6 Å². The molecule has 1 fully saturated rings. The highest BCUT2D eigenvalue weighted by Crippen LogP contribution is 2.17. The molecule has 9 nitrogen and oxygen atoms in total. The van der Waals surface area contributed by atoms with E-state index in [4.69, 9.17) is 0 Å². The number of aromatic nitrogens is 2. The van der Waals surface area contributed by atoms with Crippen molar-refractivity contribution in [1.82, 2.24) is 14.5 Å². The van der Waals surface area contributed by atoms with Gasteiger partial charge in [0, 0.05) is 30.3 Å². The maximum Gasteiger partial charge on any atom is 0.331 e. The summed E-state index contributed by atoms with van der Waals surface area (Å²) in [5.41, 5.74) is 0.435. The molecule has 1 aromatic heterocycles. The SMILES string of the molecule is CC(=O)c1ccc(NC(=O)Cn2c(=O)n(CCCCC(=O)NC3CCCCC3)c(=O)c3ccccc32)cc1. The van der Waals surface area contributed by atoms with Gasteiger partial charge in [-0.2, -0.15) is 0 Å². The number of hydrogen-bond acceptors (Lipinski definition) is 5. The van der Waals surface area contributed by atoms with E-state index in [-0.39, 0.29) is 30.8 Å². The number of carbonyl (C=O) groups excluding carboxylic acids is 3. The second-order valence-corrected chi connectivity index (χ2v) is 9.88. The van der Waals surface area contributed by atoms with Crippen LogP contribution in [0.15, 0.2) is 58.1 Å². The molecular formula is C29H34N4O5. The molecule has 1 saturated carbocycles. The molecule has 9 heteroatoms. The highest BCUT2D eigenvalue weighted by Gasteiger charge is 2.17. The molecule has 0 spiro atoms. The molecule has 0 aliphatic heterocycles. The smallest absolute Gasteiger partial charge is 0.331 e. The van der Waals surface area contributed by atoms with Gasteiger partial charge < -0.3 is 10.6 Å². The van der Waals surface area contributed by atoms with Gasteiger partial charge in [0.05, 0.1) is 10.9 Å². The molecule has 1 aliphatic carbocycles. The van der Waals surface area contributed by atoms with Crippen molar-refractivity contribution in [2.75, 3.05) is 5.32 Å². The summed E-state index contributed by atoms with van der Waals surface area (Å²) >= 11 is 0. The summed E-state index contributed by atoms with van der Waals surface area (Å²) in [5.74, 6) is -0.501. The Morgan fingerprint density at radius 1 is 0.868 bits per heavy atom. The van der Waals surface area contributed by atoms with Gasteiger partial charge in [-0.05, 0) is 69.0 Å². The number of rotatable bonds is 10. The third-order valence-electron chi connectivity index (χ3n) is 7.01. The van der Waals surface area contributed by atoms with Gasteiger partial charge in [-0.25, -0.2) is 4.79 Å². The number of hydrogen-bond donors (Lipinski definition) is 2. The number of nitrogens with zero attached hydrogens (tertiary/aromatic N) is 2. The summed E-state index contributed by atoms with van der Waals surface area (Å²) in [6.45, 7) is 1.34. The van der Waals surface area contributed by atoms with Crippen molar-refractivity contribution < 1.29 is 14.4 Å². The minimum atomic E-state index is -0.567. The Labute approximate surface area is 220 Å². The van der Waals surface area contributed by atoms with Crippen LogP contribution in [-0.4, -0.2) is 32.8 Å². The minimum Gasteiger partial charge on any atom is -0.353 e. The monoisotopic (exact) mass is 518 g/mol. The standard InChI is InChI=1S/C29H34N4O5/c1-20(34)21-14-16-23(17-15-21)31-27(36)19-33-25-12-6-5-11-24(25)28(37)32(29(33)38)18-8-7-13-26(35)30-22-9-3-2-4-10-22/h5-6,11-12,14-17,22H,2-4,7-10,13,18-19H2,1H3,(H,30,35)(H,31,36). The van der Waals surface area contributed by atoms with Gasteiger partial charge in [0.2, 0.25) is 11.8 Å². The Hall–Kier alpha value is -4.01. The van der Waals surface area contributed by atoms with Gasteiger partial charge >= 0.3 is 5.69 Å². The third kappa shape index (κ3) is 6.65. The highest BCUT2D eigenvalue weighted by molar-refractivity contribution is 5.95. The van der Waals surface area contributed by atoms with Crippen LogP contribution in [0.1, 0.15) is 68.6 Å². The van der Waals surface area contributed by atoms with Crippen molar-refractivity contribution in [2.45, 2.75) is 77.4 Å². The van der Waals surface area contributed by atoms with Crippen molar-refractivity contribution in [2.24, 2.45) is 0 Å². The van der Waals surface area contributed by atoms with Gasteiger partial charge in [-0.15, -0.1) is 0 Å². The number of ketones is 1. The predicted molar refractivity (Wildman–Crippen MR) is 146 cm³/mol. The first-order valence-corrected chi connectivity index (χ1v) is 13.3. The van der Waals surface area contributed by atoms with E-state index in [0.717, 1.165) is 30.3 Å². The van der Waals surface area contributed by atoms with E-state index in [1.165, 1.54) is 17.9 Å². The predicted octanol–water partition coefficient (Wildman–Crippen LogP) is 3.62. The number of carbonyl (C=O) groups is 3. The fourth-order valence-electron chi connectivity index (χ4n) is 4.96. The molecule has 2 aromatic carbocycles. The molecule has 0 unspecified atom stereocenters. The summed E-state index contributed by atoms with van der Waals surface area (Å²) in [4.78, 5) is 63.0. The molecule has 3 aromatic rings. The van der Waals surface area contributed by atoms with E-state index in [1.807, 2.05) is 0 Å². The van der Waals surface area contributed by atoms with Crippen molar-refractivity contribution in [1.29, 1.82) is 0 Å². The molecule has 1 aliphatic rings. The lowest BCUT2D eigenvalue weighted by Gasteiger charge is -2.22. The van der Waals surface area contributed by atoms with E-state index in [1.54, 1.807) is 48.5 Å². The zero-order valence-electron chi connectivity index (χ0n) is 21.7. The second-order valence-electron chi connectivity index (χ2n) is 9.88. The van der Waals surface area contributed by atoms with Crippen LogP contribution in [0.25, 0.3) is 10.9 Å². The van der Waals surface area contributed by atoms with Crippen molar-refractivity contribution in [3.8, 4) is 0 Å². The van der Waals surface area contributed by atoms with E-state index < -0.39 is 17.2 Å². The van der Waals surface area contributed by atoms with Crippen LogP contribution in [0, 0.1) is 0 Å². The third-order valence-corrected chi connectivity index (χ3v) is 7.01. The lowest BCUT2D eigenvalue weighted by molar-refractivity contribution is -0.122. The van der Waals surface area contributed by atoms with Crippen LogP contribution in [0.2, 0.25) is 0 Å². The summed E-state index contributed by atoms with van der Waals surface area (Å²) in [5, 5.41) is 6.18. The first-order valence-electron chi connectivity index (χ1n) is 13.3. The molecule has 4 rings (SSSR count). The average molecular weight is 519 g/mol. The quantitative estimate of drug-likeness (QED) is 0.314. The molecule has 38 heavy (non-hydrogen) atoms. The van der Waals surface area contributed by atoms with Crippen LogP contribution in [0.3, 0.4) is 0 Å². The van der Waals surface area contributed by atoms with Crippen LogP contribution >= 0.6 is 0 Å². The van der Waals surface area contributed by atoms with Crippen molar-refractivity contribution in [3.63, 3.8) is 0 Å². The highest BCUT2D eigenvalue weighted by atomic mass is 16.2. The maximum absolute atomic E-state index is 13.3. The van der Waals surface area contributed by atoms with Crippen molar-refractivity contribution >= 4 is 34.2 Å². The molecule has 2 amide bonds. The molecular weight excluding hydrogens is 484 g/mol.